The molecule has 0 N–H and O–H groups in total. The van der Waals surface area contributed by atoms with E-state index in [9.17, 15) is 9.59 Å². The normalized spacial score (nSPS) is 17.1. The second kappa shape index (κ2) is 10.9. The molecule has 1 heterocycles. The molecule has 1 saturated heterocycles. The number of ether oxygens (including phenoxy) is 3. The van der Waals surface area contributed by atoms with Crippen molar-refractivity contribution in [1.29, 1.82) is 0 Å². The van der Waals surface area contributed by atoms with Gasteiger partial charge in [-0.2, -0.15) is 0 Å². The molecule has 1 aliphatic rings. The molecule has 0 bridgehead atoms. The fourth-order valence-corrected chi connectivity index (χ4v) is 4.21. The van der Waals surface area contributed by atoms with Crippen molar-refractivity contribution in [1.82, 2.24) is 4.90 Å². The fraction of sp³-hybridized carbons (Fsp3) is 0.259. The lowest BCUT2D eigenvalue weighted by atomic mass is 9.73. The maximum atomic E-state index is 12.8. The van der Waals surface area contributed by atoms with Crippen molar-refractivity contribution in [3.63, 3.8) is 0 Å². The van der Waals surface area contributed by atoms with Crippen molar-refractivity contribution < 1.29 is 23.8 Å². The topological polar surface area (TPSA) is 65.1 Å². The van der Waals surface area contributed by atoms with Crippen molar-refractivity contribution >= 4 is 36.4 Å². The molecule has 3 aromatic rings. The van der Waals surface area contributed by atoms with Crippen LogP contribution in [0.2, 0.25) is 11.8 Å². The third-order valence-electron chi connectivity index (χ3n) is 6.05. The molecule has 0 aromatic heterocycles. The maximum Gasteiger partial charge on any atom is 0.411 e. The number of halogens is 1. The summed E-state index contributed by atoms with van der Waals surface area (Å²) in [7, 11) is 3.36. The summed E-state index contributed by atoms with van der Waals surface area (Å²) in [5.41, 5.74) is 3.55. The first kappa shape index (κ1) is 24.7. The zero-order chi connectivity index (χ0) is 24.9. The average Bonchev–Trinajstić information content (AvgIpc) is 3.14. The molecule has 8 heteroatoms. The Labute approximate surface area is 211 Å². The highest BCUT2D eigenvalue weighted by Gasteiger charge is 2.40. The van der Waals surface area contributed by atoms with E-state index in [1.807, 2.05) is 75.6 Å². The zero-order valence-electron chi connectivity index (χ0n) is 19.9. The number of carbonyl (C=O) groups excluding carboxylic acids is 2. The number of cyclic esters (lactones) is 1. The minimum absolute atomic E-state index is 0.160. The van der Waals surface area contributed by atoms with Crippen molar-refractivity contribution in [3.8, 4) is 11.5 Å². The second-order valence-electron chi connectivity index (χ2n) is 8.38. The Hall–Kier alpha value is -3.45. The Balaban J connectivity index is 1.57. The van der Waals surface area contributed by atoms with Gasteiger partial charge >= 0.3 is 12.1 Å². The molecule has 1 amide bonds. The molecule has 4 rings (SSSR count). The first-order chi connectivity index (χ1) is 16.9. The average molecular weight is 491 g/mol. The number of rotatable bonds is 8. The summed E-state index contributed by atoms with van der Waals surface area (Å²) in [5.74, 6) is 0.903. The summed E-state index contributed by atoms with van der Waals surface area (Å²) in [4.78, 5) is 26.2. The number of methoxy groups -OCH3 is 1. The monoisotopic (exact) mass is 490 g/mol. The summed E-state index contributed by atoms with van der Waals surface area (Å²) < 4.78 is 16.7. The van der Waals surface area contributed by atoms with Gasteiger partial charge in [0.05, 0.1) is 26.1 Å². The van der Waals surface area contributed by atoms with Crippen molar-refractivity contribution in [2.75, 3.05) is 7.11 Å². The van der Waals surface area contributed by atoms with Crippen LogP contribution in [0.5, 0.6) is 11.5 Å². The van der Waals surface area contributed by atoms with Crippen LogP contribution < -0.4 is 10.2 Å². The molecule has 1 radical (unpaired) electrons. The van der Waals surface area contributed by atoms with E-state index in [1.54, 1.807) is 17.0 Å². The number of benzene rings is 3. The molecule has 2 atom stereocenters. The molecule has 179 valence electrons. The predicted octanol–water partition coefficient (Wildman–Crippen LogP) is 5.31. The number of hydrogen-bond acceptors (Lipinski definition) is 5. The van der Waals surface area contributed by atoms with Crippen LogP contribution in [0.3, 0.4) is 0 Å². The van der Waals surface area contributed by atoms with Gasteiger partial charge in [-0.25, -0.2) is 4.79 Å². The van der Waals surface area contributed by atoms with E-state index in [2.05, 4.69) is 0 Å². The smallest absolute Gasteiger partial charge is 0.411 e. The molecule has 0 aliphatic carbocycles. The van der Waals surface area contributed by atoms with E-state index in [-0.39, 0.29) is 30.6 Å². The molecular weight excluding hydrogens is 465 g/mol. The molecule has 35 heavy (non-hydrogen) atoms. The van der Waals surface area contributed by atoms with Crippen LogP contribution in [-0.4, -0.2) is 37.4 Å². The lowest BCUT2D eigenvalue weighted by Gasteiger charge is -2.23. The third kappa shape index (κ3) is 5.80. The van der Waals surface area contributed by atoms with Gasteiger partial charge in [-0.3, -0.25) is 9.69 Å². The number of carbonyl (C=O) groups is 2. The SMILES string of the molecule is C[B]c1ccc(Oc2cccc(CC(=O)OC)c2)c(CN2C(=O)O[C@@H](c3ccc(Cl)cc3)[C@H]2C)c1. The Kier molecular flexibility index (Phi) is 7.66. The van der Waals surface area contributed by atoms with E-state index in [0.717, 1.165) is 22.2 Å². The third-order valence-corrected chi connectivity index (χ3v) is 6.30. The van der Waals surface area contributed by atoms with E-state index in [0.29, 0.717) is 23.1 Å². The molecule has 1 fully saturated rings. The highest BCUT2D eigenvalue weighted by atomic mass is 35.5. The minimum atomic E-state index is -0.389. The summed E-state index contributed by atoms with van der Waals surface area (Å²) in [5, 5.41) is 0.632. The summed E-state index contributed by atoms with van der Waals surface area (Å²) in [6.45, 7) is 4.25. The van der Waals surface area contributed by atoms with Crippen LogP contribution in [-0.2, 0) is 27.2 Å². The van der Waals surface area contributed by atoms with E-state index >= 15 is 0 Å². The van der Waals surface area contributed by atoms with Gasteiger partial charge in [0, 0.05) is 10.6 Å². The van der Waals surface area contributed by atoms with Crippen LogP contribution in [0, 0.1) is 0 Å². The molecule has 0 saturated carbocycles. The zero-order valence-corrected chi connectivity index (χ0v) is 20.6. The lowest BCUT2D eigenvalue weighted by molar-refractivity contribution is -0.139. The summed E-state index contributed by atoms with van der Waals surface area (Å²) >= 11 is 6.02. The van der Waals surface area contributed by atoms with Crippen molar-refractivity contribution in [3.05, 3.63) is 88.4 Å². The van der Waals surface area contributed by atoms with Gasteiger partial charge in [-0.05, 0) is 48.4 Å². The van der Waals surface area contributed by atoms with Crippen LogP contribution >= 0.6 is 11.6 Å². The molecule has 6 nitrogen and oxygen atoms in total. The Bertz CT molecular complexity index is 1220. The molecule has 0 unspecified atom stereocenters. The van der Waals surface area contributed by atoms with E-state index in [4.69, 9.17) is 25.8 Å². The van der Waals surface area contributed by atoms with Crippen LogP contribution in [0.25, 0.3) is 0 Å². The summed E-state index contributed by atoms with van der Waals surface area (Å²) in [6.07, 6.45) is -0.609. The Morgan fingerprint density at radius 3 is 2.60 bits per heavy atom. The largest absolute Gasteiger partial charge is 0.469 e. The maximum absolute atomic E-state index is 12.8. The van der Waals surface area contributed by atoms with Gasteiger partial charge in [0.15, 0.2) is 0 Å². The fourth-order valence-electron chi connectivity index (χ4n) is 4.08. The molecule has 0 spiro atoms. The molecule has 1 aliphatic heterocycles. The van der Waals surface area contributed by atoms with Gasteiger partial charge in [-0.15, -0.1) is 0 Å². The van der Waals surface area contributed by atoms with Crippen LogP contribution in [0.4, 0.5) is 4.79 Å². The molecular formula is C27H26BClNO5. The van der Waals surface area contributed by atoms with Crippen molar-refractivity contribution in [2.45, 2.75) is 38.9 Å². The summed E-state index contributed by atoms with van der Waals surface area (Å²) in [6, 6.07) is 20.3. The van der Waals surface area contributed by atoms with Crippen molar-refractivity contribution in [2.24, 2.45) is 0 Å². The molecule has 3 aromatic carbocycles. The van der Waals surface area contributed by atoms with Gasteiger partial charge in [0.2, 0.25) is 0 Å². The Morgan fingerprint density at radius 2 is 1.89 bits per heavy atom. The number of hydrogen-bond donors (Lipinski definition) is 0. The minimum Gasteiger partial charge on any atom is -0.469 e. The lowest BCUT2D eigenvalue weighted by Crippen LogP contribution is -2.32. The van der Waals surface area contributed by atoms with Gasteiger partial charge < -0.3 is 14.2 Å². The standard InChI is InChI=1S/C27H26BClNO5/c1-17-26(19-7-10-22(29)11-8-19)35-27(32)30(17)16-20-15-21(28-2)9-12-24(20)34-23-6-4-5-18(13-23)14-25(31)33-3/h4-13,15,17,26H,14,16H2,1-3H3/t17-,26-/m1/s1. The van der Waals surface area contributed by atoms with Gasteiger partial charge in [-0.1, -0.05) is 60.3 Å². The quantitative estimate of drug-likeness (QED) is 0.316. The highest BCUT2D eigenvalue weighted by Crippen LogP contribution is 2.35. The number of nitrogens with zero attached hydrogens (tertiary/aromatic N) is 1. The number of amides is 1. The highest BCUT2D eigenvalue weighted by molar-refractivity contribution is 6.51. The van der Waals surface area contributed by atoms with Gasteiger partial charge in [0.25, 0.3) is 0 Å². The number of esters is 1. The predicted molar refractivity (Wildman–Crippen MR) is 136 cm³/mol. The first-order valence-corrected chi connectivity index (χ1v) is 11.7. The van der Waals surface area contributed by atoms with Crippen LogP contribution in [0.15, 0.2) is 66.7 Å². The second-order valence-corrected chi connectivity index (χ2v) is 8.82. The van der Waals surface area contributed by atoms with E-state index in [1.165, 1.54) is 7.11 Å². The van der Waals surface area contributed by atoms with E-state index < -0.39 is 0 Å². The van der Waals surface area contributed by atoms with Crippen LogP contribution in [0.1, 0.15) is 29.7 Å². The van der Waals surface area contributed by atoms with Gasteiger partial charge in [0.1, 0.15) is 24.9 Å². The first-order valence-electron chi connectivity index (χ1n) is 11.4. The Morgan fingerprint density at radius 1 is 1.11 bits per heavy atom.